The second-order valence-corrected chi connectivity index (χ2v) is 9.98. The van der Waals surface area contributed by atoms with Crippen molar-refractivity contribution in [3.05, 3.63) is 65.9 Å². The summed E-state index contributed by atoms with van der Waals surface area (Å²) in [6.07, 6.45) is 4.46. The molecule has 1 amide bonds. The number of para-hydroxylation sites is 1. The van der Waals surface area contributed by atoms with Crippen molar-refractivity contribution in [1.29, 1.82) is 0 Å². The molecule has 200 valence electrons. The van der Waals surface area contributed by atoms with Crippen LogP contribution in [0.5, 0.6) is 5.75 Å². The summed E-state index contributed by atoms with van der Waals surface area (Å²) in [5.41, 5.74) is 4.54. The number of carboxylic acid groups (broad SMARTS) is 1. The minimum absolute atomic E-state index is 0.0500. The van der Waals surface area contributed by atoms with Crippen molar-refractivity contribution in [2.45, 2.75) is 50.9 Å². The summed E-state index contributed by atoms with van der Waals surface area (Å²) in [6, 6.07) is 10.1. The Labute approximate surface area is 217 Å². The van der Waals surface area contributed by atoms with Gasteiger partial charge in [-0.05, 0) is 49.4 Å². The van der Waals surface area contributed by atoms with E-state index in [1.54, 1.807) is 12.4 Å². The molecule has 2 fully saturated rings. The van der Waals surface area contributed by atoms with Gasteiger partial charge in [-0.1, -0.05) is 12.1 Å². The van der Waals surface area contributed by atoms with Crippen molar-refractivity contribution < 1.29 is 32.6 Å². The predicted octanol–water partition coefficient (Wildman–Crippen LogP) is 4.82. The number of pyridine rings is 1. The van der Waals surface area contributed by atoms with Crippen LogP contribution in [0.1, 0.15) is 47.3 Å². The molecule has 1 saturated carbocycles. The van der Waals surface area contributed by atoms with Crippen LogP contribution in [0, 0.1) is 12.8 Å². The molecule has 8 nitrogen and oxygen atoms in total. The number of halogens is 3. The van der Waals surface area contributed by atoms with E-state index in [9.17, 15) is 18.0 Å². The van der Waals surface area contributed by atoms with Crippen LogP contribution in [-0.4, -0.2) is 55.7 Å². The Bertz CT molecular complexity index is 1360. The number of benzene rings is 1. The van der Waals surface area contributed by atoms with E-state index in [1.165, 1.54) is 18.5 Å². The molecule has 0 bridgehead atoms. The number of alkyl halides is 3. The van der Waals surface area contributed by atoms with Gasteiger partial charge < -0.3 is 19.3 Å². The molecule has 4 heterocycles. The van der Waals surface area contributed by atoms with E-state index in [2.05, 4.69) is 15.6 Å². The average Bonchev–Trinajstić information content (AvgIpc) is 3.60. The summed E-state index contributed by atoms with van der Waals surface area (Å²) in [5.74, 6) is -1.06. The second-order valence-electron chi connectivity index (χ2n) is 9.98. The number of hydrogen-bond acceptors (Lipinski definition) is 5. The second kappa shape index (κ2) is 9.77. The third-order valence-electron chi connectivity index (χ3n) is 7.09. The summed E-state index contributed by atoms with van der Waals surface area (Å²) in [7, 11) is 0. The summed E-state index contributed by atoms with van der Waals surface area (Å²) in [4.78, 5) is 32.9. The van der Waals surface area contributed by atoms with Gasteiger partial charge >= 0.3 is 12.1 Å². The molecule has 1 aromatic carbocycles. The average molecular weight is 529 g/mol. The lowest BCUT2D eigenvalue weighted by Crippen LogP contribution is -2.50. The van der Waals surface area contributed by atoms with Crippen molar-refractivity contribution >= 4 is 11.9 Å². The van der Waals surface area contributed by atoms with E-state index >= 15 is 0 Å². The maximum absolute atomic E-state index is 13.1. The number of carbonyl (C=O) groups is 2. The van der Waals surface area contributed by atoms with Crippen LogP contribution < -0.4 is 4.74 Å². The molecule has 0 unspecified atom stereocenters. The molecular weight excluding hydrogens is 501 g/mol. The number of carboxylic acids is 1. The van der Waals surface area contributed by atoms with Crippen LogP contribution in [0.15, 0.2) is 49.1 Å². The van der Waals surface area contributed by atoms with Gasteiger partial charge in [0, 0.05) is 50.4 Å². The van der Waals surface area contributed by atoms with Gasteiger partial charge in [-0.25, -0.2) is 9.78 Å². The number of imidazole rings is 1. The molecule has 1 saturated heterocycles. The molecule has 0 radical (unpaired) electrons. The number of carbonyl (C=O) groups excluding carboxylic acids is 1. The van der Waals surface area contributed by atoms with Crippen LogP contribution >= 0.6 is 0 Å². The first-order valence-corrected chi connectivity index (χ1v) is 12.4. The van der Waals surface area contributed by atoms with E-state index < -0.39 is 17.7 Å². The monoisotopic (exact) mass is 528 g/mol. The van der Waals surface area contributed by atoms with Crippen molar-refractivity contribution in [1.82, 2.24) is 19.4 Å². The van der Waals surface area contributed by atoms with Crippen LogP contribution in [0.2, 0.25) is 0 Å². The van der Waals surface area contributed by atoms with E-state index in [4.69, 9.17) is 19.6 Å². The van der Waals surface area contributed by atoms with Gasteiger partial charge in [0.15, 0.2) is 5.60 Å². The largest absolute Gasteiger partial charge is 0.490 e. The highest BCUT2D eigenvalue weighted by Gasteiger charge is 2.47. The highest BCUT2D eigenvalue weighted by molar-refractivity contribution is 5.94. The maximum atomic E-state index is 13.1. The van der Waals surface area contributed by atoms with Gasteiger partial charge in [0.25, 0.3) is 5.91 Å². The number of aliphatic carboxylic acids is 1. The Morgan fingerprint density at radius 2 is 1.84 bits per heavy atom. The molecule has 38 heavy (non-hydrogen) atoms. The number of likely N-dealkylation sites (tertiary alicyclic amines) is 1. The zero-order valence-corrected chi connectivity index (χ0v) is 20.7. The van der Waals surface area contributed by atoms with Gasteiger partial charge in [0.05, 0.1) is 23.3 Å². The standard InChI is InChI=1S/C25H26N4O2.C2HF3O2/c1-17-12-19(14-26-13-17)24(30)28-10-8-25(9-11-28)23-22(20-4-2-3-5-21(20)31-25)27-16-29(23)15-18-6-7-18;3-2(4,5)1(6)7/h2-5,12-14,16,18H,6-11,15H2,1H3;(H,6,7). The van der Waals surface area contributed by atoms with Gasteiger partial charge in [0.2, 0.25) is 0 Å². The number of aryl methyl sites for hydroxylation is 1. The normalized spacial score (nSPS) is 17.5. The summed E-state index contributed by atoms with van der Waals surface area (Å²) in [6.45, 7) is 4.28. The molecule has 11 heteroatoms. The number of ether oxygens (including phenoxy) is 1. The van der Waals surface area contributed by atoms with Crippen molar-refractivity contribution in [2.24, 2.45) is 5.92 Å². The number of piperidine rings is 1. The van der Waals surface area contributed by atoms with Crippen molar-refractivity contribution in [2.75, 3.05) is 13.1 Å². The van der Waals surface area contributed by atoms with E-state index in [1.807, 2.05) is 42.4 Å². The molecule has 3 aliphatic rings. The van der Waals surface area contributed by atoms with E-state index in [0.717, 1.165) is 47.9 Å². The van der Waals surface area contributed by atoms with Crippen LogP contribution in [-0.2, 0) is 16.9 Å². The molecule has 6 rings (SSSR count). The number of aromatic nitrogens is 3. The van der Waals surface area contributed by atoms with Crippen LogP contribution in [0.3, 0.4) is 0 Å². The maximum Gasteiger partial charge on any atom is 0.490 e. The summed E-state index contributed by atoms with van der Waals surface area (Å²) in [5, 5.41) is 7.12. The molecule has 1 spiro atoms. The SMILES string of the molecule is Cc1cncc(C(=O)N2CCC3(CC2)Oc2ccccc2-c2ncn(CC4CC4)c23)c1.O=C(O)C(F)(F)F. The van der Waals surface area contributed by atoms with E-state index in [-0.39, 0.29) is 5.91 Å². The molecule has 2 aromatic heterocycles. The number of fused-ring (bicyclic) bond motifs is 4. The summed E-state index contributed by atoms with van der Waals surface area (Å²) < 4.78 is 40.8. The number of amides is 1. The molecule has 1 aliphatic carbocycles. The Morgan fingerprint density at radius 3 is 2.47 bits per heavy atom. The first-order valence-electron chi connectivity index (χ1n) is 12.4. The van der Waals surface area contributed by atoms with E-state index in [0.29, 0.717) is 18.7 Å². The fourth-order valence-corrected chi connectivity index (χ4v) is 5.05. The predicted molar refractivity (Wildman–Crippen MR) is 130 cm³/mol. The van der Waals surface area contributed by atoms with Crippen molar-refractivity contribution in [3.8, 4) is 17.0 Å². The minimum atomic E-state index is -5.08. The number of hydrogen-bond donors (Lipinski definition) is 1. The first-order chi connectivity index (χ1) is 18.1. The zero-order chi connectivity index (χ0) is 27.1. The van der Waals surface area contributed by atoms with Crippen LogP contribution in [0.4, 0.5) is 13.2 Å². The topological polar surface area (TPSA) is 97.6 Å². The summed E-state index contributed by atoms with van der Waals surface area (Å²) >= 11 is 0. The first kappa shape index (κ1) is 25.7. The van der Waals surface area contributed by atoms with Crippen LogP contribution in [0.25, 0.3) is 11.3 Å². The molecule has 1 N–H and O–H groups in total. The van der Waals surface area contributed by atoms with Gasteiger partial charge in [0.1, 0.15) is 5.75 Å². The fraction of sp³-hybridized carbons (Fsp3) is 0.407. The third-order valence-corrected chi connectivity index (χ3v) is 7.09. The molecular formula is C27H27F3N4O4. The Kier molecular flexibility index (Phi) is 6.62. The number of rotatable bonds is 3. The lowest BCUT2D eigenvalue weighted by Gasteiger charge is -2.44. The lowest BCUT2D eigenvalue weighted by molar-refractivity contribution is -0.192. The van der Waals surface area contributed by atoms with Gasteiger partial charge in [-0.3, -0.25) is 9.78 Å². The van der Waals surface area contributed by atoms with Gasteiger partial charge in [-0.2, -0.15) is 13.2 Å². The Hall–Kier alpha value is -3.89. The van der Waals surface area contributed by atoms with Crippen molar-refractivity contribution in [3.63, 3.8) is 0 Å². The molecule has 2 aliphatic heterocycles. The molecule has 0 atom stereocenters. The highest BCUT2D eigenvalue weighted by atomic mass is 19.4. The fourth-order valence-electron chi connectivity index (χ4n) is 5.05. The number of nitrogens with zero attached hydrogens (tertiary/aromatic N) is 4. The smallest absolute Gasteiger partial charge is 0.480 e. The van der Waals surface area contributed by atoms with Gasteiger partial charge in [-0.15, -0.1) is 0 Å². The highest BCUT2D eigenvalue weighted by Crippen LogP contribution is 2.49. The zero-order valence-electron chi connectivity index (χ0n) is 20.7. The minimum Gasteiger partial charge on any atom is -0.480 e. The lowest BCUT2D eigenvalue weighted by atomic mass is 9.83. The Balaban J connectivity index is 0.000000374. The quantitative estimate of drug-likeness (QED) is 0.524. The molecule has 3 aromatic rings. The Morgan fingerprint density at radius 1 is 1.16 bits per heavy atom. The third kappa shape index (κ3) is 5.09.